The van der Waals surface area contributed by atoms with Gasteiger partial charge >= 0.3 is 5.97 Å². The van der Waals surface area contributed by atoms with E-state index >= 15 is 0 Å². The number of nitrogens with one attached hydrogen (secondary N) is 1. The predicted octanol–water partition coefficient (Wildman–Crippen LogP) is 2.01. The minimum Gasteiger partial charge on any atom is -0.481 e. The number of thiophene rings is 1. The molecule has 1 heterocycles. The average Bonchev–Trinajstić information content (AvgIpc) is 2.81. The molecule has 96 valence electrons. The van der Waals surface area contributed by atoms with Gasteiger partial charge in [0.25, 0.3) is 0 Å². The maximum atomic E-state index is 10.4. The minimum atomic E-state index is -0.779. The Labute approximate surface area is 105 Å². The van der Waals surface area contributed by atoms with Crippen molar-refractivity contribution in [2.45, 2.75) is 38.3 Å². The summed E-state index contributed by atoms with van der Waals surface area (Å²) in [6.07, 6.45) is 1.05. The van der Waals surface area contributed by atoms with E-state index in [1.807, 2.05) is 24.4 Å². The van der Waals surface area contributed by atoms with E-state index < -0.39 is 12.1 Å². The molecule has 17 heavy (non-hydrogen) atoms. The lowest BCUT2D eigenvalue weighted by molar-refractivity contribution is -0.137. The highest BCUT2D eigenvalue weighted by Gasteiger charge is 2.19. The topological polar surface area (TPSA) is 69.6 Å². The van der Waals surface area contributed by atoms with Crippen molar-refractivity contribution < 1.29 is 15.0 Å². The number of hydrogen-bond donors (Lipinski definition) is 3. The van der Waals surface area contributed by atoms with E-state index in [1.54, 1.807) is 0 Å². The van der Waals surface area contributed by atoms with Crippen LogP contribution in [-0.4, -0.2) is 28.8 Å². The standard InChI is InChI=1S/C12H19NO3S/c1-2-9(13-7-3-6-11(14)15)12(16)10-5-4-8-17-10/h4-5,8-9,12-13,16H,2-3,6-7H2,1H3,(H,14,15). The van der Waals surface area contributed by atoms with Gasteiger partial charge in [0.1, 0.15) is 6.10 Å². The Morgan fingerprint density at radius 2 is 2.35 bits per heavy atom. The van der Waals surface area contributed by atoms with Gasteiger partial charge in [-0.15, -0.1) is 11.3 Å². The number of aliphatic carboxylic acids is 1. The summed E-state index contributed by atoms with van der Waals surface area (Å²) >= 11 is 1.53. The number of aliphatic hydroxyl groups excluding tert-OH is 1. The highest BCUT2D eigenvalue weighted by molar-refractivity contribution is 7.10. The van der Waals surface area contributed by atoms with Crippen LogP contribution in [0.3, 0.4) is 0 Å². The van der Waals surface area contributed by atoms with E-state index in [0.29, 0.717) is 13.0 Å². The molecule has 0 saturated carbocycles. The smallest absolute Gasteiger partial charge is 0.303 e. The van der Waals surface area contributed by atoms with Gasteiger partial charge in [0.05, 0.1) is 0 Å². The minimum absolute atomic E-state index is 0.0116. The lowest BCUT2D eigenvalue weighted by atomic mass is 10.1. The number of aliphatic hydroxyl groups is 1. The quantitative estimate of drug-likeness (QED) is 0.623. The van der Waals surface area contributed by atoms with Crippen molar-refractivity contribution in [1.29, 1.82) is 0 Å². The molecule has 5 heteroatoms. The Morgan fingerprint density at radius 3 is 2.88 bits per heavy atom. The normalized spacial score (nSPS) is 14.5. The molecule has 0 aromatic carbocycles. The highest BCUT2D eigenvalue weighted by Crippen LogP contribution is 2.23. The third kappa shape index (κ3) is 4.85. The van der Waals surface area contributed by atoms with Gasteiger partial charge in [0.15, 0.2) is 0 Å². The Morgan fingerprint density at radius 1 is 1.59 bits per heavy atom. The lowest BCUT2D eigenvalue weighted by Crippen LogP contribution is -2.35. The lowest BCUT2D eigenvalue weighted by Gasteiger charge is -2.22. The number of hydrogen-bond acceptors (Lipinski definition) is 4. The third-order valence-electron chi connectivity index (χ3n) is 2.63. The van der Waals surface area contributed by atoms with Crippen LogP contribution >= 0.6 is 11.3 Å². The summed E-state index contributed by atoms with van der Waals surface area (Å²) in [6.45, 7) is 2.62. The molecular formula is C12H19NO3S. The zero-order chi connectivity index (χ0) is 12.7. The summed E-state index contributed by atoms with van der Waals surface area (Å²) in [5.74, 6) is -0.779. The Bertz CT molecular complexity index is 327. The van der Waals surface area contributed by atoms with Crippen LogP contribution in [0.4, 0.5) is 0 Å². The van der Waals surface area contributed by atoms with E-state index in [2.05, 4.69) is 5.32 Å². The fourth-order valence-electron chi connectivity index (χ4n) is 1.66. The van der Waals surface area contributed by atoms with Gasteiger partial charge in [-0.2, -0.15) is 0 Å². The van der Waals surface area contributed by atoms with Gasteiger partial charge in [-0.05, 0) is 30.8 Å². The van der Waals surface area contributed by atoms with Gasteiger partial charge in [0.2, 0.25) is 0 Å². The molecule has 3 N–H and O–H groups in total. The predicted molar refractivity (Wildman–Crippen MR) is 68.2 cm³/mol. The number of carboxylic acid groups (broad SMARTS) is 1. The molecular weight excluding hydrogens is 238 g/mol. The molecule has 0 amide bonds. The molecule has 4 nitrogen and oxygen atoms in total. The third-order valence-corrected chi connectivity index (χ3v) is 3.57. The number of rotatable bonds is 8. The molecule has 2 unspecified atom stereocenters. The van der Waals surface area contributed by atoms with Crippen molar-refractivity contribution in [2.24, 2.45) is 0 Å². The van der Waals surface area contributed by atoms with E-state index in [0.717, 1.165) is 11.3 Å². The van der Waals surface area contributed by atoms with Gasteiger partial charge < -0.3 is 15.5 Å². The molecule has 0 radical (unpaired) electrons. The second-order valence-corrected chi connectivity index (χ2v) is 4.91. The second kappa shape index (κ2) is 7.42. The molecule has 0 aliphatic carbocycles. The van der Waals surface area contributed by atoms with Crippen molar-refractivity contribution >= 4 is 17.3 Å². The summed E-state index contributed by atoms with van der Waals surface area (Å²) in [7, 11) is 0. The molecule has 0 fully saturated rings. The number of carbonyl (C=O) groups is 1. The Hall–Kier alpha value is -0.910. The van der Waals surface area contributed by atoms with Crippen molar-refractivity contribution in [3.63, 3.8) is 0 Å². The molecule has 0 aliphatic heterocycles. The van der Waals surface area contributed by atoms with E-state index in [9.17, 15) is 9.90 Å². The van der Waals surface area contributed by atoms with Crippen LogP contribution in [0.25, 0.3) is 0 Å². The fraction of sp³-hybridized carbons (Fsp3) is 0.583. The molecule has 1 aromatic heterocycles. The van der Waals surface area contributed by atoms with Gasteiger partial charge in [-0.1, -0.05) is 13.0 Å². The zero-order valence-electron chi connectivity index (χ0n) is 9.93. The van der Waals surface area contributed by atoms with Crippen LogP contribution in [0.15, 0.2) is 17.5 Å². The number of carboxylic acids is 1. The first-order valence-electron chi connectivity index (χ1n) is 5.81. The summed E-state index contributed by atoms with van der Waals surface area (Å²) in [5.41, 5.74) is 0. The zero-order valence-corrected chi connectivity index (χ0v) is 10.7. The summed E-state index contributed by atoms with van der Waals surface area (Å²) in [4.78, 5) is 11.3. The highest BCUT2D eigenvalue weighted by atomic mass is 32.1. The largest absolute Gasteiger partial charge is 0.481 e. The fourth-order valence-corrected chi connectivity index (χ4v) is 2.44. The second-order valence-electron chi connectivity index (χ2n) is 3.93. The van der Waals surface area contributed by atoms with Crippen LogP contribution in [-0.2, 0) is 4.79 Å². The first kappa shape index (κ1) is 14.2. The SMILES string of the molecule is CCC(NCCCC(=O)O)C(O)c1cccs1. The molecule has 1 rings (SSSR count). The van der Waals surface area contributed by atoms with Crippen molar-refractivity contribution in [3.05, 3.63) is 22.4 Å². The first-order valence-corrected chi connectivity index (χ1v) is 6.69. The summed E-state index contributed by atoms with van der Waals surface area (Å²) in [5, 5.41) is 23.8. The molecule has 0 bridgehead atoms. The van der Waals surface area contributed by atoms with Crippen LogP contribution in [0.5, 0.6) is 0 Å². The van der Waals surface area contributed by atoms with Crippen molar-refractivity contribution in [3.8, 4) is 0 Å². The van der Waals surface area contributed by atoms with Gasteiger partial charge in [-0.3, -0.25) is 4.79 Å². The molecule has 0 spiro atoms. The van der Waals surface area contributed by atoms with Crippen LogP contribution < -0.4 is 5.32 Å². The van der Waals surface area contributed by atoms with E-state index in [4.69, 9.17) is 5.11 Å². The van der Waals surface area contributed by atoms with Crippen LogP contribution in [0.1, 0.15) is 37.2 Å². The summed E-state index contributed by atoms with van der Waals surface area (Å²) < 4.78 is 0. The molecule has 0 aliphatic rings. The van der Waals surface area contributed by atoms with Crippen LogP contribution in [0, 0.1) is 0 Å². The van der Waals surface area contributed by atoms with Crippen molar-refractivity contribution in [1.82, 2.24) is 5.32 Å². The van der Waals surface area contributed by atoms with E-state index in [1.165, 1.54) is 11.3 Å². The van der Waals surface area contributed by atoms with Gasteiger partial charge in [0, 0.05) is 17.3 Å². The maximum absolute atomic E-state index is 10.4. The molecule has 1 aromatic rings. The summed E-state index contributed by atoms with van der Waals surface area (Å²) in [6, 6.07) is 3.82. The van der Waals surface area contributed by atoms with Gasteiger partial charge in [-0.25, -0.2) is 0 Å². The molecule has 2 atom stereocenters. The average molecular weight is 257 g/mol. The first-order chi connectivity index (χ1) is 8.15. The Balaban J connectivity index is 2.35. The monoisotopic (exact) mass is 257 g/mol. The molecule has 0 saturated heterocycles. The van der Waals surface area contributed by atoms with Crippen LogP contribution in [0.2, 0.25) is 0 Å². The van der Waals surface area contributed by atoms with E-state index in [-0.39, 0.29) is 12.5 Å². The Kier molecular flexibility index (Phi) is 6.18. The maximum Gasteiger partial charge on any atom is 0.303 e. The van der Waals surface area contributed by atoms with Crippen molar-refractivity contribution in [2.75, 3.05) is 6.54 Å².